The van der Waals surface area contributed by atoms with Crippen LogP contribution in [0.4, 0.5) is 5.69 Å². The number of carbonyl (C=O) groups excluding carboxylic acids is 1. The van der Waals surface area contributed by atoms with E-state index in [1.807, 2.05) is 64.1 Å². The number of benzene rings is 3. The van der Waals surface area contributed by atoms with Gasteiger partial charge in [-0.25, -0.2) is 4.79 Å². The largest absolute Gasteiger partial charge is 0.493 e. The standard InChI is InChI=1S/C32H34ClNO5/c1-19-15-25-24(11-13-27(35)34(25)18-20-7-5-9-23(33)16-20)29(30(31(36)37)39-32(2,3)4)28(19)22-10-12-26-21(17-22)8-6-14-38-26/h5,7,9-10,12,15-17,30H,6,8,11,13-14,18H2,1-4H3,(H,36,37). The van der Waals surface area contributed by atoms with Gasteiger partial charge in [-0.3, -0.25) is 4.79 Å². The van der Waals surface area contributed by atoms with Crippen LogP contribution in [0.1, 0.15) is 67.5 Å². The number of anilines is 1. The van der Waals surface area contributed by atoms with Crippen molar-refractivity contribution >= 4 is 29.2 Å². The molecule has 1 N–H and O–H groups in total. The zero-order valence-electron chi connectivity index (χ0n) is 22.8. The molecule has 0 saturated carbocycles. The monoisotopic (exact) mass is 547 g/mol. The summed E-state index contributed by atoms with van der Waals surface area (Å²) in [5, 5.41) is 11.1. The third-order valence-electron chi connectivity index (χ3n) is 7.22. The summed E-state index contributed by atoms with van der Waals surface area (Å²) in [6.45, 7) is 8.59. The van der Waals surface area contributed by atoms with E-state index in [4.69, 9.17) is 21.1 Å². The Kier molecular flexibility index (Phi) is 7.45. The average Bonchev–Trinajstić information content (AvgIpc) is 2.87. The highest BCUT2D eigenvalue weighted by Crippen LogP contribution is 2.45. The molecule has 0 spiro atoms. The molecule has 1 unspecified atom stereocenters. The van der Waals surface area contributed by atoms with E-state index in [1.165, 1.54) is 0 Å². The van der Waals surface area contributed by atoms with Gasteiger partial charge in [-0.05, 0) is 111 Å². The number of rotatable bonds is 6. The minimum atomic E-state index is -1.21. The fourth-order valence-electron chi connectivity index (χ4n) is 5.64. The van der Waals surface area contributed by atoms with Gasteiger partial charge in [0.2, 0.25) is 5.91 Å². The van der Waals surface area contributed by atoms with Gasteiger partial charge in [0.15, 0.2) is 6.10 Å². The van der Waals surface area contributed by atoms with Crippen LogP contribution in [-0.4, -0.2) is 29.2 Å². The first-order valence-corrected chi connectivity index (χ1v) is 13.8. The third-order valence-corrected chi connectivity index (χ3v) is 7.45. The van der Waals surface area contributed by atoms with Crippen molar-refractivity contribution in [3.05, 3.63) is 81.4 Å². The van der Waals surface area contributed by atoms with Gasteiger partial charge in [0.1, 0.15) is 5.75 Å². The molecule has 1 amide bonds. The topological polar surface area (TPSA) is 76.1 Å². The fraction of sp³-hybridized carbons (Fsp3) is 0.375. The molecule has 3 aromatic carbocycles. The molecule has 1 atom stereocenters. The number of aliphatic carboxylic acids is 1. The summed E-state index contributed by atoms with van der Waals surface area (Å²) in [4.78, 5) is 27.8. The molecule has 0 saturated heterocycles. The van der Waals surface area contributed by atoms with Crippen molar-refractivity contribution in [3.63, 3.8) is 0 Å². The smallest absolute Gasteiger partial charge is 0.337 e. The Morgan fingerprint density at radius 3 is 2.64 bits per heavy atom. The molecular weight excluding hydrogens is 514 g/mol. The number of fused-ring (bicyclic) bond motifs is 2. The number of nitrogens with zero attached hydrogens (tertiary/aromatic N) is 1. The van der Waals surface area contributed by atoms with Crippen molar-refractivity contribution in [2.24, 2.45) is 0 Å². The molecule has 6 nitrogen and oxygen atoms in total. The van der Waals surface area contributed by atoms with Gasteiger partial charge in [0, 0.05) is 22.7 Å². The van der Waals surface area contributed by atoms with Gasteiger partial charge in [0.25, 0.3) is 0 Å². The summed E-state index contributed by atoms with van der Waals surface area (Å²) >= 11 is 6.23. The Hall–Kier alpha value is -3.35. The summed E-state index contributed by atoms with van der Waals surface area (Å²) < 4.78 is 12.1. The Labute approximate surface area is 234 Å². The van der Waals surface area contributed by atoms with Crippen molar-refractivity contribution in [2.75, 3.05) is 11.5 Å². The van der Waals surface area contributed by atoms with E-state index < -0.39 is 17.7 Å². The molecule has 3 aromatic rings. The zero-order valence-corrected chi connectivity index (χ0v) is 23.6. The van der Waals surface area contributed by atoms with Crippen LogP contribution in [0.2, 0.25) is 5.02 Å². The van der Waals surface area contributed by atoms with Crippen LogP contribution in [0.5, 0.6) is 5.75 Å². The van der Waals surface area contributed by atoms with Gasteiger partial charge in [0.05, 0.1) is 18.8 Å². The summed E-state index contributed by atoms with van der Waals surface area (Å²) in [6, 6.07) is 15.6. The van der Waals surface area contributed by atoms with Crippen LogP contribution in [0.15, 0.2) is 48.5 Å². The fourth-order valence-corrected chi connectivity index (χ4v) is 5.85. The predicted octanol–water partition coefficient (Wildman–Crippen LogP) is 7.06. The quantitative estimate of drug-likeness (QED) is 0.357. The highest BCUT2D eigenvalue weighted by atomic mass is 35.5. The van der Waals surface area contributed by atoms with Gasteiger partial charge in [-0.2, -0.15) is 0 Å². The number of halogens is 1. The summed E-state index contributed by atoms with van der Waals surface area (Å²) in [6.07, 6.45) is 1.36. The predicted molar refractivity (Wildman–Crippen MR) is 153 cm³/mol. The van der Waals surface area contributed by atoms with Crippen LogP contribution >= 0.6 is 11.6 Å². The third kappa shape index (κ3) is 5.68. The zero-order chi connectivity index (χ0) is 27.9. The van der Waals surface area contributed by atoms with Crippen LogP contribution in [0.3, 0.4) is 0 Å². The van der Waals surface area contributed by atoms with Crippen molar-refractivity contribution < 1.29 is 24.2 Å². The van der Waals surface area contributed by atoms with Crippen molar-refractivity contribution in [1.82, 2.24) is 0 Å². The maximum atomic E-state index is 13.2. The molecule has 7 heteroatoms. The number of ether oxygens (including phenoxy) is 2. The lowest BCUT2D eigenvalue weighted by atomic mass is 9.83. The molecule has 39 heavy (non-hydrogen) atoms. The first-order valence-electron chi connectivity index (χ1n) is 13.4. The normalized spacial score (nSPS) is 15.8. The van der Waals surface area contributed by atoms with Gasteiger partial charge < -0.3 is 19.5 Å². The Bertz CT molecular complexity index is 1440. The van der Waals surface area contributed by atoms with E-state index in [9.17, 15) is 14.7 Å². The second kappa shape index (κ2) is 10.7. The molecule has 2 heterocycles. The van der Waals surface area contributed by atoms with Crippen LogP contribution in [-0.2, 0) is 33.7 Å². The summed E-state index contributed by atoms with van der Waals surface area (Å²) in [7, 11) is 0. The number of carbonyl (C=O) groups is 2. The minimum absolute atomic E-state index is 0.00452. The first kappa shape index (κ1) is 27.2. The number of amides is 1. The second-order valence-corrected chi connectivity index (χ2v) is 11.7. The lowest BCUT2D eigenvalue weighted by Crippen LogP contribution is -2.36. The van der Waals surface area contributed by atoms with Gasteiger partial charge in [-0.15, -0.1) is 0 Å². The van der Waals surface area contributed by atoms with E-state index in [1.54, 1.807) is 11.0 Å². The van der Waals surface area contributed by atoms with Gasteiger partial charge in [-0.1, -0.05) is 29.8 Å². The lowest BCUT2D eigenvalue weighted by Gasteiger charge is -2.35. The SMILES string of the molecule is Cc1cc2c(c(C(OC(C)(C)C)C(=O)O)c1-c1ccc3c(c1)CCCO3)CCC(=O)N2Cc1cccc(Cl)c1. The lowest BCUT2D eigenvalue weighted by molar-refractivity contribution is -0.160. The Morgan fingerprint density at radius 2 is 1.92 bits per heavy atom. The Balaban J connectivity index is 1.73. The molecular formula is C32H34ClNO5. The number of carboxylic acid groups (broad SMARTS) is 1. The molecule has 2 aliphatic rings. The van der Waals surface area contributed by atoms with Crippen molar-refractivity contribution in [3.8, 4) is 16.9 Å². The summed E-state index contributed by atoms with van der Waals surface area (Å²) in [5.41, 5.74) is 6.15. The second-order valence-electron chi connectivity index (χ2n) is 11.3. The van der Waals surface area contributed by atoms with E-state index in [0.29, 0.717) is 30.2 Å². The Morgan fingerprint density at radius 1 is 1.13 bits per heavy atom. The highest BCUT2D eigenvalue weighted by Gasteiger charge is 2.36. The minimum Gasteiger partial charge on any atom is -0.493 e. The number of hydrogen-bond acceptors (Lipinski definition) is 4. The molecule has 0 bridgehead atoms. The molecule has 204 valence electrons. The maximum Gasteiger partial charge on any atom is 0.337 e. The molecule has 0 radical (unpaired) electrons. The average molecular weight is 548 g/mol. The molecule has 0 fully saturated rings. The van der Waals surface area contributed by atoms with E-state index in [0.717, 1.165) is 57.7 Å². The highest BCUT2D eigenvalue weighted by molar-refractivity contribution is 6.30. The molecule has 2 aliphatic heterocycles. The number of aryl methyl sites for hydroxylation is 2. The number of hydrogen-bond donors (Lipinski definition) is 1. The van der Waals surface area contributed by atoms with Crippen molar-refractivity contribution in [1.29, 1.82) is 0 Å². The molecule has 0 aliphatic carbocycles. The van der Waals surface area contributed by atoms with Crippen LogP contribution in [0, 0.1) is 6.92 Å². The van der Waals surface area contributed by atoms with Crippen LogP contribution in [0.25, 0.3) is 11.1 Å². The van der Waals surface area contributed by atoms with E-state index in [-0.39, 0.29) is 12.3 Å². The van der Waals surface area contributed by atoms with E-state index >= 15 is 0 Å². The molecule has 0 aromatic heterocycles. The van der Waals surface area contributed by atoms with Crippen molar-refractivity contribution in [2.45, 2.75) is 71.6 Å². The van der Waals surface area contributed by atoms with E-state index in [2.05, 4.69) is 6.07 Å². The van der Waals surface area contributed by atoms with Gasteiger partial charge >= 0.3 is 5.97 Å². The maximum absolute atomic E-state index is 13.2. The number of carboxylic acids is 1. The first-order chi connectivity index (χ1) is 18.5. The van der Waals surface area contributed by atoms with Crippen LogP contribution < -0.4 is 9.64 Å². The molecule has 5 rings (SSSR count). The summed E-state index contributed by atoms with van der Waals surface area (Å²) in [5.74, 6) is -0.185.